The van der Waals surface area contributed by atoms with Crippen molar-refractivity contribution in [1.82, 2.24) is 4.90 Å². The van der Waals surface area contributed by atoms with Crippen molar-refractivity contribution in [3.05, 3.63) is 69.5 Å². The summed E-state index contributed by atoms with van der Waals surface area (Å²) < 4.78 is 35.1. The number of furan rings is 1. The van der Waals surface area contributed by atoms with Crippen LogP contribution in [0, 0.1) is 13.8 Å². The molecule has 1 aromatic carbocycles. The molecule has 1 amide bonds. The second-order valence-electron chi connectivity index (χ2n) is 7.50. The standard InChI is InChI=1S/C21H21NO6S/c1-13-8-14(2)20-17(23)10-19(28-18(20)9-13)21(24)22(11-16-4-3-6-27-16)15-5-7-29(25,26)12-15/h3-4,6,8-10,15H,5,7,11-12H2,1-2H3. The van der Waals surface area contributed by atoms with Gasteiger partial charge in [-0.3, -0.25) is 9.59 Å². The zero-order valence-electron chi connectivity index (χ0n) is 16.2. The van der Waals surface area contributed by atoms with E-state index in [1.54, 1.807) is 18.2 Å². The van der Waals surface area contributed by atoms with Crippen molar-refractivity contribution < 1.29 is 22.0 Å². The highest BCUT2D eigenvalue weighted by Gasteiger charge is 2.36. The molecule has 3 heterocycles. The van der Waals surface area contributed by atoms with Crippen LogP contribution in [0.5, 0.6) is 0 Å². The Morgan fingerprint density at radius 1 is 1.24 bits per heavy atom. The van der Waals surface area contributed by atoms with Gasteiger partial charge in [-0.1, -0.05) is 6.07 Å². The number of benzene rings is 1. The second kappa shape index (κ2) is 7.18. The molecule has 0 spiro atoms. The van der Waals surface area contributed by atoms with Crippen LogP contribution in [0.4, 0.5) is 0 Å². The summed E-state index contributed by atoms with van der Waals surface area (Å²) in [6.45, 7) is 3.80. The quantitative estimate of drug-likeness (QED) is 0.650. The SMILES string of the molecule is Cc1cc(C)c2c(=O)cc(C(=O)N(Cc3ccco3)C3CCS(=O)(=O)C3)oc2c1. The first kappa shape index (κ1) is 19.4. The number of hydrogen-bond acceptors (Lipinski definition) is 6. The van der Waals surface area contributed by atoms with Gasteiger partial charge in [-0.15, -0.1) is 0 Å². The van der Waals surface area contributed by atoms with Crippen molar-refractivity contribution in [2.75, 3.05) is 11.5 Å². The number of fused-ring (bicyclic) bond motifs is 1. The third-order valence-corrected chi connectivity index (χ3v) is 6.95. The normalized spacial score (nSPS) is 18.2. The van der Waals surface area contributed by atoms with Crippen LogP contribution in [0.25, 0.3) is 11.0 Å². The van der Waals surface area contributed by atoms with Crippen LogP contribution in [-0.2, 0) is 16.4 Å². The average molecular weight is 415 g/mol. The lowest BCUT2D eigenvalue weighted by Crippen LogP contribution is -2.40. The van der Waals surface area contributed by atoms with Crippen molar-refractivity contribution in [3.63, 3.8) is 0 Å². The van der Waals surface area contributed by atoms with Gasteiger partial charge >= 0.3 is 0 Å². The number of rotatable bonds is 4. The molecule has 1 unspecified atom stereocenters. The summed E-state index contributed by atoms with van der Waals surface area (Å²) in [6, 6.07) is 7.70. The van der Waals surface area contributed by atoms with Crippen LogP contribution < -0.4 is 5.43 Å². The molecule has 0 N–H and O–H groups in total. The number of carbonyl (C=O) groups excluding carboxylic acids is 1. The minimum absolute atomic E-state index is 0.0274. The Bertz CT molecular complexity index is 1240. The molecule has 1 saturated heterocycles. The summed E-state index contributed by atoms with van der Waals surface area (Å²) in [4.78, 5) is 27.4. The predicted octanol–water partition coefficient (Wildman–Crippen LogP) is 2.83. The highest BCUT2D eigenvalue weighted by Crippen LogP contribution is 2.24. The lowest BCUT2D eigenvalue weighted by Gasteiger charge is -2.27. The highest BCUT2D eigenvalue weighted by molar-refractivity contribution is 7.91. The Labute approximate surface area is 167 Å². The molecule has 0 aliphatic carbocycles. The van der Waals surface area contributed by atoms with E-state index in [1.165, 1.54) is 17.2 Å². The predicted molar refractivity (Wildman–Crippen MR) is 108 cm³/mol. The Morgan fingerprint density at radius 3 is 2.69 bits per heavy atom. The maximum absolute atomic E-state index is 13.3. The summed E-state index contributed by atoms with van der Waals surface area (Å²) >= 11 is 0. The molecule has 1 fully saturated rings. The number of aryl methyl sites for hydroxylation is 2. The molecule has 0 bridgehead atoms. The summed E-state index contributed by atoms with van der Waals surface area (Å²) in [5.41, 5.74) is 1.73. The van der Waals surface area contributed by atoms with Gasteiger partial charge in [0.05, 0.1) is 29.7 Å². The third-order valence-electron chi connectivity index (χ3n) is 5.20. The van der Waals surface area contributed by atoms with E-state index in [-0.39, 0.29) is 29.2 Å². The molecule has 3 aromatic rings. The monoisotopic (exact) mass is 415 g/mol. The molecular formula is C21H21NO6S. The molecule has 2 aromatic heterocycles. The molecule has 1 atom stereocenters. The van der Waals surface area contributed by atoms with E-state index in [9.17, 15) is 18.0 Å². The van der Waals surface area contributed by atoms with Crippen molar-refractivity contribution in [1.29, 1.82) is 0 Å². The van der Waals surface area contributed by atoms with Gasteiger partial charge in [0.15, 0.2) is 21.0 Å². The minimum Gasteiger partial charge on any atom is -0.467 e. The number of amides is 1. The lowest BCUT2D eigenvalue weighted by atomic mass is 10.1. The van der Waals surface area contributed by atoms with Crippen molar-refractivity contribution in [2.24, 2.45) is 0 Å². The van der Waals surface area contributed by atoms with E-state index in [0.717, 1.165) is 11.1 Å². The van der Waals surface area contributed by atoms with Crippen LogP contribution in [0.1, 0.15) is 33.9 Å². The summed E-state index contributed by atoms with van der Waals surface area (Å²) in [7, 11) is -3.21. The highest BCUT2D eigenvalue weighted by atomic mass is 32.2. The van der Waals surface area contributed by atoms with Gasteiger partial charge in [-0.2, -0.15) is 0 Å². The molecule has 7 nitrogen and oxygen atoms in total. The van der Waals surface area contributed by atoms with E-state index >= 15 is 0 Å². The van der Waals surface area contributed by atoms with E-state index in [2.05, 4.69) is 0 Å². The number of carbonyl (C=O) groups is 1. The van der Waals surface area contributed by atoms with E-state index < -0.39 is 21.8 Å². The Morgan fingerprint density at radius 2 is 2.03 bits per heavy atom. The first-order chi connectivity index (χ1) is 13.7. The minimum atomic E-state index is -3.21. The first-order valence-electron chi connectivity index (χ1n) is 9.32. The molecular weight excluding hydrogens is 394 g/mol. The average Bonchev–Trinajstić information content (AvgIpc) is 3.27. The van der Waals surface area contributed by atoms with Gasteiger partial charge < -0.3 is 13.7 Å². The fourth-order valence-corrected chi connectivity index (χ4v) is 5.60. The van der Waals surface area contributed by atoms with Crippen LogP contribution in [0.2, 0.25) is 0 Å². The van der Waals surface area contributed by atoms with Crippen LogP contribution >= 0.6 is 0 Å². The van der Waals surface area contributed by atoms with E-state index in [1.807, 2.05) is 19.9 Å². The van der Waals surface area contributed by atoms with Gasteiger partial charge in [0.25, 0.3) is 5.91 Å². The lowest BCUT2D eigenvalue weighted by molar-refractivity contribution is 0.0634. The third kappa shape index (κ3) is 3.85. The fourth-order valence-electron chi connectivity index (χ4n) is 3.87. The largest absolute Gasteiger partial charge is 0.467 e. The topological polar surface area (TPSA) is 97.8 Å². The van der Waals surface area contributed by atoms with Gasteiger partial charge in [0.1, 0.15) is 11.3 Å². The maximum atomic E-state index is 13.3. The molecule has 152 valence electrons. The summed E-state index contributed by atoms with van der Waals surface area (Å²) in [6.07, 6.45) is 1.83. The van der Waals surface area contributed by atoms with Gasteiger partial charge in [0, 0.05) is 12.1 Å². The molecule has 8 heteroatoms. The molecule has 0 saturated carbocycles. The van der Waals surface area contributed by atoms with Crippen molar-refractivity contribution in [2.45, 2.75) is 32.9 Å². The van der Waals surface area contributed by atoms with Gasteiger partial charge in [-0.25, -0.2) is 8.42 Å². The summed E-state index contributed by atoms with van der Waals surface area (Å²) in [5.74, 6) is -0.197. The Balaban J connectivity index is 1.76. The smallest absolute Gasteiger partial charge is 0.290 e. The molecule has 1 aliphatic rings. The van der Waals surface area contributed by atoms with Gasteiger partial charge in [0.2, 0.25) is 0 Å². The number of nitrogens with zero attached hydrogens (tertiary/aromatic N) is 1. The number of hydrogen-bond donors (Lipinski definition) is 0. The zero-order chi connectivity index (χ0) is 20.8. The molecule has 1 aliphatic heterocycles. The van der Waals surface area contributed by atoms with Crippen molar-refractivity contribution in [3.8, 4) is 0 Å². The van der Waals surface area contributed by atoms with Crippen LogP contribution in [0.3, 0.4) is 0 Å². The fraction of sp³-hybridized carbons (Fsp3) is 0.333. The van der Waals surface area contributed by atoms with Gasteiger partial charge in [-0.05, 0) is 49.6 Å². The van der Waals surface area contributed by atoms with Crippen molar-refractivity contribution >= 4 is 26.7 Å². The van der Waals surface area contributed by atoms with Crippen LogP contribution in [-0.4, -0.2) is 36.8 Å². The maximum Gasteiger partial charge on any atom is 0.290 e. The molecule has 29 heavy (non-hydrogen) atoms. The first-order valence-corrected chi connectivity index (χ1v) is 11.1. The molecule has 4 rings (SSSR count). The Kier molecular flexibility index (Phi) is 4.82. The van der Waals surface area contributed by atoms with Crippen LogP contribution in [0.15, 0.2) is 50.2 Å². The van der Waals surface area contributed by atoms with E-state index in [4.69, 9.17) is 8.83 Å². The summed E-state index contributed by atoms with van der Waals surface area (Å²) in [5, 5.41) is 0.438. The molecule has 0 radical (unpaired) electrons. The second-order valence-corrected chi connectivity index (χ2v) is 9.73. The van der Waals surface area contributed by atoms with E-state index in [0.29, 0.717) is 23.2 Å². The Hall–Kier alpha value is -2.87. The number of sulfone groups is 1. The zero-order valence-corrected chi connectivity index (χ0v) is 17.0.